The average Bonchev–Trinajstić information content (AvgIpc) is 2.67. The smallest absolute Gasteiger partial charge is 0.0847 e. The Bertz CT molecular complexity index is 394. The zero-order valence-corrected chi connectivity index (χ0v) is 12.2. The van der Waals surface area contributed by atoms with Crippen molar-refractivity contribution in [3.8, 4) is 0 Å². The number of aromatic nitrogens is 2. The molecule has 1 saturated carbocycles. The van der Waals surface area contributed by atoms with Crippen molar-refractivity contribution in [3.05, 3.63) is 16.4 Å². The van der Waals surface area contributed by atoms with Gasteiger partial charge in [-0.05, 0) is 32.6 Å². The van der Waals surface area contributed by atoms with Gasteiger partial charge in [-0.15, -0.1) is 0 Å². The van der Waals surface area contributed by atoms with E-state index < -0.39 is 0 Å². The predicted molar refractivity (Wildman–Crippen MR) is 75.9 cm³/mol. The molecule has 2 rings (SSSR count). The van der Waals surface area contributed by atoms with E-state index in [0.29, 0.717) is 5.92 Å². The summed E-state index contributed by atoms with van der Waals surface area (Å²) in [5, 5.41) is 5.26. The zero-order chi connectivity index (χ0) is 13.1. The lowest BCUT2D eigenvalue weighted by atomic mass is 9.82. The van der Waals surface area contributed by atoms with Gasteiger partial charge in [-0.1, -0.05) is 30.9 Å². The van der Waals surface area contributed by atoms with Gasteiger partial charge < -0.3 is 5.73 Å². The molecule has 0 aromatic carbocycles. The van der Waals surface area contributed by atoms with E-state index in [1.165, 1.54) is 32.1 Å². The minimum atomic E-state index is 0.226. The van der Waals surface area contributed by atoms with Gasteiger partial charge in [-0.2, -0.15) is 5.10 Å². The van der Waals surface area contributed by atoms with E-state index >= 15 is 0 Å². The maximum Gasteiger partial charge on any atom is 0.0847 e. The van der Waals surface area contributed by atoms with Crippen LogP contribution in [0.3, 0.4) is 0 Å². The number of aryl methyl sites for hydroxylation is 2. The fraction of sp³-hybridized carbons (Fsp3) is 0.786. The highest BCUT2D eigenvalue weighted by Crippen LogP contribution is 2.29. The highest BCUT2D eigenvalue weighted by atomic mass is 35.5. The molecule has 1 unspecified atom stereocenters. The minimum Gasteiger partial charge on any atom is -0.327 e. The van der Waals surface area contributed by atoms with Crippen molar-refractivity contribution >= 4 is 11.6 Å². The summed E-state index contributed by atoms with van der Waals surface area (Å²) in [6.45, 7) is 4.92. The molecule has 1 atom stereocenters. The van der Waals surface area contributed by atoms with Gasteiger partial charge in [0.15, 0.2) is 0 Å². The molecule has 1 heterocycles. The Kier molecular flexibility index (Phi) is 4.68. The lowest BCUT2D eigenvalue weighted by Crippen LogP contribution is -2.34. The van der Waals surface area contributed by atoms with Gasteiger partial charge in [0.2, 0.25) is 0 Å². The van der Waals surface area contributed by atoms with E-state index in [2.05, 4.69) is 12.0 Å². The normalized spacial score (nSPS) is 19.1. The number of halogens is 1. The van der Waals surface area contributed by atoms with E-state index in [0.717, 1.165) is 29.4 Å². The number of nitrogens with two attached hydrogens (primary N) is 1. The van der Waals surface area contributed by atoms with E-state index in [1.807, 2.05) is 11.6 Å². The third kappa shape index (κ3) is 2.89. The van der Waals surface area contributed by atoms with Crippen molar-refractivity contribution in [2.45, 2.75) is 65.0 Å². The van der Waals surface area contributed by atoms with Gasteiger partial charge in [0.25, 0.3) is 0 Å². The topological polar surface area (TPSA) is 43.8 Å². The Morgan fingerprint density at radius 3 is 2.67 bits per heavy atom. The second-order valence-corrected chi connectivity index (χ2v) is 5.81. The molecule has 0 radical (unpaired) electrons. The minimum absolute atomic E-state index is 0.226. The van der Waals surface area contributed by atoms with Crippen LogP contribution < -0.4 is 5.73 Å². The second-order valence-electron chi connectivity index (χ2n) is 5.43. The van der Waals surface area contributed by atoms with Crippen LogP contribution in [-0.2, 0) is 13.0 Å². The van der Waals surface area contributed by atoms with Crippen LogP contribution in [0.5, 0.6) is 0 Å². The third-order valence-corrected chi connectivity index (χ3v) is 4.63. The molecule has 0 spiro atoms. The highest BCUT2D eigenvalue weighted by molar-refractivity contribution is 6.31. The number of hydrogen-bond acceptors (Lipinski definition) is 2. The lowest BCUT2D eigenvalue weighted by Gasteiger charge is -2.27. The molecule has 1 aliphatic carbocycles. The standard InChI is InChI=1S/C14H24ClN3/c1-3-18-13(14(15)10(2)17-18)9-12(16)11-7-5-4-6-8-11/h11-12H,3-9,16H2,1-2H3. The molecule has 0 aliphatic heterocycles. The SMILES string of the molecule is CCn1nc(C)c(Cl)c1CC(N)C1CCCCC1. The third-order valence-electron chi connectivity index (χ3n) is 4.14. The molecule has 0 saturated heterocycles. The number of nitrogens with zero attached hydrogens (tertiary/aromatic N) is 2. The van der Waals surface area contributed by atoms with Crippen molar-refractivity contribution in [2.75, 3.05) is 0 Å². The van der Waals surface area contributed by atoms with Crippen LogP contribution in [-0.4, -0.2) is 15.8 Å². The summed E-state index contributed by atoms with van der Waals surface area (Å²) in [5.41, 5.74) is 8.42. The quantitative estimate of drug-likeness (QED) is 0.911. The summed E-state index contributed by atoms with van der Waals surface area (Å²) >= 11 is 6.34. The molecule has 18 heavy (non-hydrogen) atoms. The summed E-state index contributed by atoms with van der Waals surface area (Å²) in [5.74, 6) is 0.662. The van der Waals surface area contributed by atoms with Crippen LogP contribution in [0.15, 0.2) is 0 Å². The van der Waals surface area contributed by atoms with Gasteiger partial charge in [-0.25, -0.2) is 0 Å². The Balaban J connectivity index is 2.08. The predicted octanol–water partition coefficient (Wildman–Crippen LogP) is 3.31. The van der Waals surface area contributed by atoms with Gasteiger partial charge in [-0.3, -0.25) is 4.68 Å². The maximum atomic E-state index is 6.38. The Morgan fingerprint density at radius 2 is 2.06 bits per heavy atom. The summed E-state index contributed by atoms with van der Waals surface area (Å²) in [7, 11) is 0. The van der Waals surface area contributed by atoms with Gasteiger partial charge in [0.05, 0.1) is 16.4 Å². The van der Waals surface area contributed by atoms with Crippen molar-refractivity contribution in [2.24, 2.45) is 11.7 Å². The molecule has 1 fully saturated rings. The molecule has 1 aromatic rings. The monoisotopic (exact) mass is 269 g/mol. The molecule has 102 valence electrons. The summed E-state index contributed by atoms with van der Waals surface area (Å²) in [6, 6.07) is 0.226. The van der Waals surface area contributed by atoms with E-state index in [-0.39, 0.29) is 6.04 Å². The van der Waals surface area contributed by atoms with Crippen molar-refractivity contribution in [1.29, 1.82) is 0 Å². The van der Waals surface area contributed by atoms with E-state index in [4.69, 9.17) is 17.3 Å². The number of hydrogen-bond donors (Lipinski definition) is 1. The molecule has 4 heteroatoms. The first kappa shape index (κ1) is 13.9. The first-order valence-electron chi connectivity index (χ1n) is 7.10. The number of rotatable bonds is 4. The largest absolute Gasteiger partial charge is 0.327 e. The fourth-order valence-corrected chi connectivity index (χ4v) is 3.23. The Morgan fingerprint density at radius 1 is 1.39 bits per heavy atom. The highest BCUT2D eigenvalue weighted by Gasteiger charge is 2.23. The van der Waals surface area contributed by atoms with Gasteiger partial charge >= 0.3 is 0 Å². The van der Waals surface area contributed by atoms with Crippen molar-refractivity contribution in [1.82, 2.24) is 9.78 Å². The van der Waals surface area contributed by atoms with Crippen LogP contribution in [0.1, 0.15) is 50.4 Å². The van der Waals surface area contributed by atoms with Crippen LogP contribution in [0.25, 0.3) is 0 Å². The van der Waals surface area contributed by atoms with Crippen molar-refractivity contribution in [3.63, 3.8) is 0 Å². The first-order chi connectivity index (χ1) is 8.63. The van der Waals surface area contributed by atoms with Crippen LogP contribution in [0.4, 0.5) is 0 Å². The fourth-order valence-electron chi connectivity index (χ4n) is 3.02. The first-order valence-corrected chi connectivity index (χ1v) is 7.48. The zero-order valence-electron chi connectivity index (χ0n) is 11.5. The molecule has 1 aliphatic rings. The molecule has 2 N–H and O–H groups in total. The summed E-state index contributed by atoms with van der Waals surface area (Å²) in [6.07, 6.45) is 7.44. The van der Waals surface area contributed by atoms with Crippen LogP contribution >= 0.6 is 11.6 Å². The van der Waals surface area contributed by atoms with Crippen molar-refractivity contribution < 1.29 is 0 Å². The molecular formula is C14H24ClN3. The Hall–Kier alpha value is -0.540. The molecule has 3 nitrogen and oxygen atoms in total. The molecule has 0 bridgehead atoms. The van der Waals surface area contributed by atoms with Gasteiger partial charge in [0, 0.05) is 19.0 Å². The van der Waals surface area contributed by atoms with Crippen LogP contribution in [0.2, 0.25) is 5.02 Å². The second kappa shape index (κ2) is 6.07. The molecule has 1 aromatic heterocycles. The Labute approximate surface area is 115 Å². The summed E-state index contributed by atoms with van der Waals surface area (Å²) in [4.78, 5) is 0. The van der Waals surface area contributed by atoms with Gasteiger partial charge in [0.1, 0.15) is 0 Å². The van der Waals surface area contributed by atoms with Crippen LogP contribution in [0, 0.1) is 12.8 Å². The maximum absolute atomic E-state index is 6.38. The molecule has 0 amide bonds. The van der Waals surface area contributed by atoms with E-state index in [1.54, 1.807) is 0 Å². The molecular weight excluding hydrogens is 246 g/mol. The van der Waals surface area contributed by atoms with E-state index in [9.17, 15) is 0 Å². The average molecular weight is 270 g/mol. The lowest BCUT2D eigenvalue weighted by molar-refractivity contribution is 0.300. The summed E-state index contributed by atoms with van der Waals surface area (Å²) < 4.78 is 2.00.